The normalized spacial score (nSPS) is 13.3. The van der Waals surface area contributed by atoms with Gasteiger partial charge in [0.2, 0.25) is 8.92 Å². The SMILES string of the molecule is N/C(=N\c1nc2c(Cl)cccc2s1)C(Cl)(Cl)Cl. The number of rotatable bonds is 1. The van der Waals surface area contributed by atoms with Crippen LogP contribution >= 0.6 is 57.7 Å². The maximum absolute atomic E-state index is 5.98. The van der Waals surface area contributed by atoms with Gasteiger partial charge in [-0.15, -0.1) is 0 Å². The second kappa shape index (κ2) is 4.78. The van der Waals surface area contributed by atoms with Crippen molar-refractivity contribution in [1.29, 1.82) is 0 Å². The Morgan fingerprint density at radius 2 is 2.06 bits per heavy atom. The zero-order chi connectivity index (χ0) is 12.6. The molecule has 0 atom stereocenters. The molecule has 2 aromatic rings. The van der Waals surface area contributed by atoms with Crippen LogP contribution in [0.4, 0.5) is 5.13 Å². The first-order chi connectivity index (χ1) is 7.88. The Morgan fingerprint density at radius 1 is 1.35 bits per heavy atom. The number of halogens is 4. The molecule has 1 heterocycles. The Kier molecular flexibility index (Phi) is 3.71. The lowest BCUT2D eigenvalue weighted by Gasteiger charge is -2.07. The molecule has 1 aromatic heterocycles. The second-order valence-corrected chi connectivity index (χ2v) is 6.78. The quantitative estimate of drug-likeness (QED) is 0.482. The lowest BCUT2D eigenvalue weighted by atomic mass is 10.3. The van der Waals surface area contributed by atoms with Gasteiger partial charge >= 0.3 is 0 Å². The van der Waals surface area contributed by atoms with E-state index in [1.54, 1.807) is 6.07 Å². The molecule has 0 radical (unpaired) electrons. The highest BCUT2D eigenvalue weighted by molar-refractivity contribution is 7.22. The Labute approximate surface area is 121 Å². The van der Waals surface area contributed by atoms with Crippen LogP contribution in [-0.2, 0) is 0 Å². The summed E-state index contributed by atoms with van der Waals surface area (Å²) in [4.78, 5) is 8.16. The fraction of sp³-hybridized carbons (Fsp3) is 0.111. The van der Waals surface area contributed by atoms with Gasteiger partial charge < -0.3 is 5.73 Å². The number of amidine groups is 1. The number of thiazole rings is 1. The van der Waals surface area contributed by atoms with Crippen molar-refractivity contribution in [3.63, 3.8) is 0 Å². The van der Waals surface area contributed by atoms with Gasteiger partial charge in [0.1, 0.15) is 5.52 Å². The molecule has 0 aliphatic rings. The van der Waals surface area contributed by atoms with Crippen LogP contribution in [0.25, 0.3) is 10.2 Å². The van der Waals surface area contributed by atoms with Gasteiger partial charge in [-0.2, -0.15) is 0 Å². The number of hydrogen-bond acceptors (Lipinski definition) is 3. The monoisotopic (exact) mass is 327 g/mol. The van der Waals surface area contributed by atoms with Crippen LogP contribution in [0.2, 0.25) is 5.02 Å². The lowest BCUT2D eigenvalue weighted by molar-refractivity contribution is 1.34. The topological polar surface area (TPSA) is 51.3 Å². The number of hydrogen-bond donors (Lipinski definition) is 1. The molecule has 0 unspecified atom stereocenters. The third-order valence-corrected chi connectivity index (χ3v) is 3.67. The van der Waals surface area contributed by atoms with Gasteiger partial charge in [0.15, 0.2) is 5.84 Å². The summed E-state index contributed by atoms with van der Waals surface area (Å²) in [6.07, 6.45) is 0. The van der Waals surface area contributed by atoms with E-state index in [1.165, 1.54) is 11.3 Å². The molecule has 0 saturated heterocycles. The van der Waals surface area contributed by atoms with Crippen LogP contribution in [-0.4, -0.2) is 14.6 Å². The molecule has 0 saturated carbocycles. The predicted molar refractivity (Wildman–Crippen MR) is 76.2 cm³/mol. The molecular weight excluding hydrogens is 324 g/mol. The van der Waals surface area contributed by atoms with Crippen molar-refractivity contribution in [3.8, 4) is 0 Å². The van der Waals surface area contributed by atoms with Crippen LogP contribution in [0.3, 0.4) is 0 Å². The zero-order valence-corrected chi connectivity index (χ0v) is 12.0. The van der Waals surface area contributed by atoms with E-state index in [1.807, 2.05) is 12.1 Å². The predicted octanol–water partition coefficient (Wildman–Crippen LogP) is 4.31. The summed E-state index contributed by atoms with van der Waals surface area (Å²) in [6, 6.07) is 5.45. The van der Waals surface area contributed by atoms with Crippen molar-refractivity contribution in [2.75, 3.05) is 0 Å². The largest absolute Gasteiger partial charge is 0.383 e. The molecule has 0 aliphatic heterocycles. The van der Waals surface area contributed by atoms with Crippen molar-refractivity contribution in [2.45, 2.75) is 3.79 Å². The minimum absolute atomic E-state index is 0.127. The minimum Gasteiger partial charge on any atom is -0.383 e. The van der Waals surface area contributed by atoms with Crippen molar-refractivity contribution in [2.24, 2.45) is 10.7 Å². The second-order valence-electron chi connectivity index (χ2n) is 3.08. The van der Waals surface area contributed by atoms with E-state index in [2.05, 4.69) is 9.98 Å². The smallest absolute Gasteiger partial charge is 0.247 e. The minimum atomic E-state index is -1.73. The van der Waals surface area contributed by atoms with Crippen LogP contribution in [0.5, 0.6) is 0 Å². The van der Waals surface area contributed by atoms with Gasteiger partial charge in [-0.05, 0) is 12.1 Å². The van der Waals surface area contributed by atoms with Crippen molar-refractivity contribution in [1.82, 2.24) is 4.98 Å². The summed E-state index contributed by atoms with van der Waals surface area (Å²) in [5.74, 6) is -0.127. The number of benzene rings is 1. The first kappa shape index (κ1) is 13.2. The molecule has 1 aromatic carbocycles. The van der Waals surface area contributed by atoms with E-state index in [9.17, 15) is 0 Å². The molecule has 3 nitrogen and oxygen atoms in total. The molecule has 2 N–H and O–H groups in total. The fourth-order valence-corrected chi connectivity index (χ4v) is 2.39. The molecule has 0 amide bonds. The summed E-state index contributed by atoms with van der Waals surface area (Å²) in [6.45, 7) is 0. The average molecular weight is 329 g/mol. The van der Waals surface area contributed by atoms with Gasteiger partial charge in [-0.25, -0.2) is 9.98 Å². The molecule has 8 heteroatoms. The van der Waals surface area contributed by atoms with Crippen molar-refractivity contribution in [3.05, 3.63) is 23.2 Å². The molecular formula is C9H5Cl4N3S. The van der Waals surface area contributed by atoms with Crippen molar-refractivity contribution >= 4 is 78.9 Å². The van der Waals surface area contributed by atoms with Gasteiger partial charge in [0, 0.05) is 0 Å². The number of aliphatic imine (C=N–C) groups is 1. The summed E-state index contributed by atoms with van der Waals surface area (Å²) in [7, 11) is 0. The van der Waals surface area contributed by atoms with Gasteiger partial charge in [0.25, 0.3) is 0 Å². The lowest BCUT2D eigenvalue weighted by Crippen LogP contribution is -2.27. The number of nitrogens with zero attached hydrogens (tertiary/aromatic N) is 2. The standard InChI is InChI=1S/C9H5Cl4N3S/c10-4-2-1-3-5-6(4)15-8(17-5)16-7(14)9(11,12)13/h1-3H,(H2,14,15,16). The summed E-state index contributed by atoms with van der Waals surface area (Å²) in [5, 5.41) is 0.949. The van der Waals surface area contributed by atoms with E-state index in [-0.39, 0.29) is 5.84 Å². The van der Waals surface area contributed by atoms with E-state index in [4.69, 9.17) is 52.1 Å². The molecule has 2 rings (SSSR count). The Balaban J connectivity index is 2.48. The number of nitrogens with two attached hydrogens (primary N) is 1. The van der Waals surface area contributed by atoms with Crippen LogP contribution in [0.15, 0.2) is 23.2 Å². The molecule has 0 aliphatic carbocycles. The van der Waals surface area contributed by atoms with E-state index >= 15 is 0 Å². The Bertz CT molecular complexity index is 587. The highest BCUT2D eigenvalue weighted by Crippen LogP contribution is 2.34. The molecule has 0 fully saturated rings. The number of alkyl halides is 3. The fourth-order valence-electron chi connectivity index (χ4n) is 1.12. The first-order valence-corrected chi connectivity index (χ1v) is 6.67. The highest BCUT2D eigenvalue weighted by Gasteiger charge is 2.25. The van der Waals surface area contributed by atoms with E-state index in [0.29, 0.717) is 15.7 Å². The summed E-state index contributed by atoms with van der Waals surface area (Å²) < 4.78 is -0.838. The van der Waals surface area contributed by atoms with Gasteiger partial charge in [-0.1, -0.05) is 63.8 Å². The summed E-state index contributed by atoms with van der Waals surface area (Å²) >= 11 is 24.1. The summed E-state index contributed by atoms with van der Waals surface area (Å²) in [5.41, 5.74) is 6.19. The van der Waals surface area contributed by atoms with Gasteiger partial charge in [-0.3, -0.25) is 0 Å². The molecule has 90 valence electrons. The molecule has 0 spiro atoms. The molecule has 17 heavy (non-hydrogen) atoms. The molecule has 0 bridgehead atoms. The highest BCUT2D eigenvalue weighted by atomic mass is 35.6. The van der Waals surface area contributed by atoms with E-state index < -0.39 is 3.79 Å². The van der Waals surface area contributed by atoms with Crippen LogP contribution in [0.1, 0.15) is 0 Å². The Morgan fingerprint density at radius 3 is 2.65 bits per heavy atom. The number of aromatic nitrogens is 1. The van der Waals surface area contributed by atoms with Crippen molar-refractivity contribution < 1.29 is 0 Å². The Hall–Kier alpha value is -0.260. The zero-order valence-electron chi connectivity index (χ0n) is 8.12. The average Bonchev–Trinajstić information content (AvgIpc) is 2.60. The maximum Gasteiger partial charge on any atom is 0.247 e. The van der Waals surface area contributed by atoms with E-state index in [0.717, 1.165) is 4.70 Å². The third kappa shape index (κ3) is 2.95. The third-order valence-electron chi connectivity index (χ3n) is 1.86. The van der Waals surface area contributed by atoms with Crippen LogP contribution < -0.4 is 5.73 Å². The first-order valence-electron chi connectivity index (χ1n) is 4.34. The number of fused-ring (bicyclic) bond motifs is 1. The maximum atomic E-state index is 5.98. The van der Waals surface area contributed by atoms with Crippen LogP contribution in [0, 0.1) is 0 Å². The number of para-hydroxylation sites is 1. The van der Waals surface area contributed by atoms with Gasteiger partial charge in [0.05, 0.1) is 9.72 Å².